The monoisotopic (exact) mass is 492 g/mol. The molecule has 0 unspecified atom stereocenters. The summed E-state index contributed by atoms with van der Waals surface area (Å²) < 4.78 is 25.2. The topological polar surface area (TPSA) is 107 Å². The minimum Gasteiger partial charge on any atom is -0.462 e. The highest BCUT2D eigenvalue weighted by molar-refractivity contribution is 6.08. The van der Waals surface area contributed by atoms with Gasteiger partial charge in [-0.1, -0.05) is 0 Å². The predicted molar refractivity (Wildman–Crippen MR) is 133 cm³/mol. The molecule has 10 heteroatoms. The fourth-order valence-electron chi connectivity index (χ4n) is 3.82. The Balaban J connectivity index is 1.73. The van der Waals surface area contributed by atoms with Gasteiger partial charge in [0.15, 0.2) is 5.82 Å². The van der Waals surface area contributed by atoms with Crippen molar-refractivity contribution in [2.45, 2.75) is 20.8 Å². The number of rotatable bonds is 8. The molecule has 0 bridgehead atoms. The van der Waals surface area contributed by atoms with Crippen molar-refractivity contribution in [1.29, 1.82) is 0 Å². The number of carbonyl (C=O) groups is 2. The van der Waals surface area contributed by atoms with Gasteiger partial charge in [0.1, 0.15) is 22.5 Å². The van der Waals surface area contributed by atoms with Crippen molar-refractivity contribution in [3.63, 3.8) is 0 Å². The molecule has 9 nitrogen and oxygen atoms in total. The Morgan fingerprint density at radius 3 is 2.44 bits per heavy atom. The Kier molecular flexibility index (Phi) is 7.14. The van der Waals surface area contributed by atoms with Crippen LogP contribution in [0, 0.1) is 5.82 Å². The molecule has 0 saturated heterocycles. The second-order valence-corrected chi connectivity index (χ2v) is 7.81. The van der Waals surface area contributed by atoms with Crippen LogP contribution in [-0.4, -0.2) is 41.4 Å². The minimum atomic E-state index is -0.831. The molecule has 36 heavy (non-hydrogen) atoms. The summed E-state index contributed by atoms with van der Waals surface area (Å²) in [5.74, 6) is -2.00. The molecule has 2 aromatic carbocycles. The molecule has 0 aliphatic rings. The molecule has 4 aromatic rings. The number of carbonyl (C=O) groups excluding carboxylic acids is 2. The van der Waals surface area contributed by atoms with Crippen molar-refractivity contribution in [2.24, 2.45) is 0 Å². The Labute approximate surface area is 206 Å². The zero-order valence-corrected chi connectivity index (χ0v) is 20.1. The van der Waals surface area contributed by atoms with Gasteiger partial charge in [-0.2, -0.15) is 5.10 Å². The van der Waals surface area contributed by atoms with Gasteiger partial charge in [0.2, 0.25) is 0 Å². The van der Waals surface area contributed by atoms with E-state index in [1.807, 2.05) is 19.9 Å². The molecular weight excluding hydrogens is 467 g/mol. The van der Waals surface area contributed by atoms with Crippen molar-refractivity contribution >= 4 is 34.4 Å². The van der Waals surface area contributed by atoms with E-state index in [4.69, 9.17) is 9.15 Å². The van der Waals surface area contributed by atoms with Crippen LogP contribution in [-0.2, 0) is 4.74 Å². The lowest BCUT2D eigenvalue weighted by molar-refractivity contribution is 0.0527. The molecule has 1 N–H and O–H groups in total. The first kappa shape index (κ1) is 24.6. The lowest BCUT2D eigenvalue weighted by Crippen LogP contribution is -2.24. The van der Waals surface area contributed by atoms with Crippen molar-refractivity contribution < 1.29 is 23.1 Å². The van der Waals surface area contributed by atoms with Crippen LogP contribution in [0.15, 0.2) is 63.9 Å². The maximum absolute atomic E-state index is 13.4. The Hall–Kier alpha value is -4.47. The van der Waals surface area contributed by atoms with Crippen LogP contribution in [0.2, 0.25) is 0 Å². The summed E-state index contributed by atoms with van der Waals surface area (Å²) >= 11 is 0. The number of halogens is 1. The molecule has 0 saturated carbocycles. The zero-order valence-electron chi connectivity index (χ0n) is 20.1. The van der Waals surface area contributed by atoms with Gasteiger partial charge < -0.3 is 19.4 Å². The van der Waals surface area contributed by atoms with Crippen molar-refractivity contribution in [3.05, 3.63) is 82.1 Å². The van der Waals surface area contributed by atoms with Gasteiger partial charge in [-0.3, -0.25) is 4.79 Å². The highest BCUT2D eigenvalue weighted by atomic mass is 19.1. The molecule has 2 aromatic heterocycles. The van der Waals surface area contributed by atoms with Gasteiger partial charge in [0, 0.05) is 30.2 Å². The molecule has 0 fully saturated rings. The number of fused-ring (bicyclic) bond motifs is 1. The number of anilines is 2. The summed E-state index contributed by atoms with van der Waals surface area (Å²) in [5, 5.41) is 7.30. The molecule has 0 spiro atoms. The molecule has 1 amide bonds. The quantitative estimate of drug-likeness (QED) is 0.287. The Morgan fingerprint density at radius 2 is 1.78 bits per heavy atom. The van der Waals surface area contributed by atoms with Gasteiger partial charge in [-0.05, 0) is 63.2 Å². The lowest BCUT2D eigenvalue weighted by atomic mass is 10.1. The van der Waals surface area contributed by atoms with Crippen molar-refractivity contribution in [3.8, 4) is 5.69 Å². The Bertz CT molecular complexity index is 1470. The Morgan fingerprint density at radius 1 is 1.06 bits per heavy atom. The highest BCUT2D eigenvalue weighted by Gasteiger charge is 2.24. The first-order valence-corrected chi connectivity index (χ1v) is 11.5. The third kappa shape index (κ3) is 4.83. The van der Waals surface area contributed by atoms with Crippen LogP contribution in [0.25, 0.3) is 16.7 Å². The smallest absolute Gasteiger partial charge is 0.349 e. The van der Waals surface area contributed by atoms with E-state index in [1.165, 1.54) is 41.2 Å². The third-order valence-corrected chi connectivity index (χ3v) is 5.66. The maximum atomic E-state index is 13.4. The number of esters is 1. The van der Waals surface area contributed by atoms with Gasteiger partial charge in [-0.15, -0.1) is 0 Å². The van der Waals surface area contributed by atoms with Crippen molar-refractivity contribution in [1.82, 2.24) is 9.78 Å². The number of amides is 1. The molecule has 2 heterocycles. The fraction of sp³-hybridized carbons (Fsp3) is 0.231. The van der Waals surface area contributed by atoms with E-state index >= 15 is 0 Å². The summed E-state index contributed by atoms with van der Waals surface area (Å²) in [5.41, 5.74) is 0.530. The summed E-state index contributed by atoms with van der Waals surface area (Å²) in [4.78, 5) is 40.5. The summed E-state index contributed by atoms with van der Waals surface area (Å²) in [6, 6.07) is 12.2. The molecular formula is C26H25FN4O5. The molecule has 0 aliphatic heterocycles. The maximum Gasteiger partial charge on any atom is 0.349 e. The third-order valence-electron chi connectivity index (χ3n) is 5.66. The van der Waals surface area contributed by atoms with E-state index in [0.717, 1.165) is 18.8 Å². The molecule has 4 rings (SSSR count). The number of nitrogens with zero attached hydrogens (tertiary/aromatic N) is 3. The van der Waals surface area contributed by atoms with Gasteiger partial charge in [0.05, 0.1) is 18.5 Å². The van der Waals surface area contributed by atoms with Gasteiger partial charge in [-0.25, -0.2) is 18.7 Å². The predicted octanol–water partition coefficient (Wildman–Crippen LogP) is 4.39. The van der Waals surface area contributed by atoms with E-state index < -0.39 is 23.3 Å². The largest absolute Gasteiger partial charge is 0.462 e. The van der Waals surface area contributed by atoms with Crippen LogP contribution in [0.1, 0.15) is 41.5 Å². The van der Waals surface area contributed by atoms with E-state index in [-0.39, 0.29) is 23.6 Å². The normalized spacial score (nSPS) is 10.9. The van der Waals surface area contributed by atoms with Gasteiger partial charge in [0.25, 0.3) is 5.91 Å². The number of hydrogen-bond donors (Lipinski definition) is 1. The molecule has 0 radical (unpaired) electrons. The fourth-order valence-corrected chi connectivity index (χ4v) is 3.82. The zero-order chi connectivity index (χ0) is 25.8. The second-order valence-electron chi connectivity index (χ2n) is 7.81. The van der Waals surface area contributed by atoms with E-state index in [0.29, 0.717) is 16.7 Å². The van der Waals surface area contributed by atoms with E-state index in [1.54, 1.807) is 19.1 Å². The van der Waals surface area contributed by atoms with Crippen LogP contribution in [0.4, 0.5) is 15.9 Å². The molecule has 0 aliphatic carbocycles. The second kappa shape index (κ2) is 10.4. The number of nitrogens with one attached hydrogen (secondary N) is 1. The van der Waals surface area contributed by atoms with Crippen molar-refractivity contribution in [2.75, 3.05) is 29.9 Å². The molecule has 0 atom stereocenters. The van der Waals surface area contributed by atoms with Crippen LogP contribution in [0.3, 0.4) is 0 Å². The first-order chi connectivity index (χ1) is 17.4. The minimum absolute atomic E-state index is 0.0245. The summed E-state index contributed by atoms with van der Waals surface area (Å²) in [6.45, 7) is 7.38. The summed E-state index contributed by atoms with van der Waals surface area (Å²) in [7, 11) is 0. The first-order valence-electron chi connectivity index (χ1n) is 11.5. The average molecular weight is 493 g/mol. The number of ether oxygens (including phenoxy) is 1. The SMILES string of the molecule is CCOC(=O)c1cnn(-c2ccc(F)cc2)c1NC(=O)c1cc2ccc(N(CC)CC)cc2oc1=O. The van der Waals surface area contributed by atoms with E-state index in [2.05, 4.69) is 15.3 Å². The van der Waals surface area contributed by atoms with E-state index in [9.17, 15) is 18.8 Å². The summed E-state index contributed by atoms with van der Waals surface area (Å²) in [6.07, 6.45) is 1.23. The van der Waals surface area contributed by atoms with Crippen LogP contribution >= 0.6 is 0 Å². The average Bonchev–Trinajstić information content (AvgIpc) is 3.28. The lowest BCUT2D eigenvalue weighted by Gasteiger charge is -2.21. The number of hydrogen-bond acceptors (Lipinski definition) is 7. The standard InChI is InChI=1S/C26H25FN4O5/c1-4-30(5-2)19-10-7-16-13-20(26(34)36-22(16)14-19)24(32)29-23-21(25(33)35-6-3)15-28-31(23)18-11-8-17(27)9-12-18/h7-15H,4-6H2,1-3H3,(H,29,32). The molecule has 186 valence electrons. The van der Waals surface area contributed by atoms with Crippen LogP contribution < -0.4 is 15.8 Å². The number of aromatic nitrogens is 2. The highest BCUT2D eigenvalue weighted by Crippen LogP contribution is 2.24. The number of benzene rings is 2. The van der Waals surface area contributed by atoms with Gasteiger partial charge >= 0.3 is 11.6 Å². The van der Waals surface area contributed by atoms with Crippen LogP contribution in [0.5, 0.6) is 0 Å².